The number of carboxylic acids is 1. The van der Waals surface area contributed by atoms with E-state index in [1.807, 2.05) is 37.3 Å². The molecule has 0 fully saturated rings. The molecule has 1 aromatic heterocycles. The van der Waals surface area contributed by atoms with E-state index in [0.29, 0.717) is 11.5 Å². The summed E-state index contributed by atoms with van der Waals surface area (Å²) < 4.78 is 5.82. The Morgan fingerprint density at radius 2 is 2.00 bits per heavy atom. The highest BCUT2D eigenvalue weighted by molar-refractivity contribution is 5.88. The Labute approximate surface area is 121 Å². The Hall–Kier alpha value is -2.88. The van der Waals surface area contributed by atoms with Gasteiger partial charge in [-0.25, -0.2) is 4.79 Å². The second kappa shape index (κ2) is 5.25. The molecule has 3 rings (SSSR count). The van der Waals surface area contributed by atoms with Gasteiger partial charge in [-0.3, -0.25) is 4.98 Å². The van der Waals surface area contributed by atoms with Crippen molar-refractivity contribution in [2.45, 2.75) is 6.92 Å². The number of aromatic nitrogens is 1. The highest BCUT2D eigenvalue weighted by Crippen LogP contribution is 2.27. The number of benzene rings is 2. The van der Waals surface area contributed by atoms with Gasteiger partial charge in [0.1, 0.15) is 11.5 Å². The average Bonchev–Trinajstić information content (AvgIpc) is 2.49. The fourth-order valence-corrected chi connectivity index (χ4v) is 2.13. The molecule has 104 valence electrons. The summed E-state index contributed by atoms with van der Waals surface area (Å²) in [5.74, 6) is 0.363. The minimum absolute atomic E-state index is 0.250. The van der Waals surface area contributed by atoms with Crippen LogP contribution in [0.4, 0.5) is 0 Å². The fraction of sp³-hybridized carbons (Fsp3) is 0.0588. The Kier molecular flexibility index (Phi) is 3.28. The number of hydrogen-bond acceptors (Lipinski definition) is 3. The van der Waals surface area contributed by atoms with Crippen LogP contribution in [0.15, 0.2) is 54.7 Å². The zero-order valence-corrected chi connectivity index (χ0v) is 11.4. The van der Waals surface area contributed by atoms with Crippen molar-refractivity contribution in [3.63, 3.8) is 0 Å². The Morgan fingerprint density at radius 1 is 1.14 bits per heavy atom. The molecule has 3 aromatic rings. The summed E-state index contributed by atoms with van der Waals surface area (Å²) in [6.45, 7) is 1.82. The van der Waals surface area contributed by atoms with Gasteiger partial charge in [-0.1, -0.05) is 6.07 Å². The number of pyridine rings is 1. The Balaban J connectivity index is 1.93. The molecule has 0 saturated carbocycles. The van der Waals surface area contributed by atoms with E-state index in [9.17, 15) is 4.79 Å². The molecule has 0 aliphatic rings. The van der Waals surface area contributed by atoms with E-state index in [2.05, 4.69) is 4.98 Å². The zero-order valence-electron chi connectivity index (χ0n) is 11.4. The van der Waals surface area contributed by atoms with Crippen LogP contribution in [-0.4, -0.2) is 16.1 Å². The monoisotopic (exact) mass is 279 g/mol. The number of nitrogens with zero attached hydrogens (tertiary/aromatic N) is 1. The fourth-order valence-electron chi connectivity index (χ4n) is 2.13. The highest BCUT2D eigenvalue weighted by Gasteiger charge is 2.07. The molecular formula is C17H13NO3. The lowest BCUT2D eigenvalue weighted by Crippen LogP contribution is -1.97. The third-order valence-electron chi connectivity index (χ3n) is 3.23. The van der Waals surface area contributed by atoms with Gasteiger partial charge in [0, 0.05) is 17.6 Å². The summed E-state index contributed by atoms with van der Waals surface area (Å²) in [6.07, 6.45) is 1.74. The molecule has 0 bridgehead atoms. The Bertz CT molecular complexity index is 827. The number of carbonyl (C=O) groups is 1. The van der Waals surface area contributed by atoms with Gasteiger partial charge in [0.25, 0.3) is 0 Å². The number of ether oxygens (including phenoxy) is 1. The van der Waals surface area contributed by atoms with Crippen LogP contribution in [0.2, 0.25) is 0 Å². The van der Waals surface area contributed by atoms with Crippen LogP contribution in [0.3, 0.4) is 0 Å². The molecule has 1 N–H and O–H groups in total. The van der Waals surface area contributed by atoms with Gasteiger partial charge in [0.2, 0.25) is 0 Å². The first-order valence-corrected chi connectivity index (χ1v) is 6.50. The molecule has 0 aliphatic heterocycles. The molecule has 21 heavy (non-hydrogen) atoms. The lowest BCUT2D eigenvalue weighted by atomic mass is 10.1. The number of hydrogen-bond donors (Lipinski definition) is 1. The van der Waals surface area contributed by atoms with Crippen molar-refractivity contribution in [3.8, 4) is 11.5 Å². The first-order valence-electron chi connectivity index (χ1n) is 6.50. The normalized spacial score (nSPS) is 10.5. The first-order chi connectivity index (χ1) is 10.1. The molecule has 0 atom stereocenters. The van der Waals surface area contributed by atoms with Crippen LogP contribution < -0.4 is 4.74 Å². The van der Waals surface area contributed by atoms with Crippen molar-refractivity contribution in [2.75, 3.05) is 0 Å². The summed E-state index contributed by atoms with van der Waals surface area (Å²) in [7, 11) is 0. The van der Waals surface area contributed by atoms with Gasteiger partial charge in [0.05, 0.1) is 11.1 Å². The molecule has 0 aliphatic carbocycles. The molecule has 0 amide bonds. The predicted octanol–water partition coefficient (Wildman–Crippen LogP) is 4.03. The highest BCUT2D eigenvalue weighted by atomic mass is 16.5. The van der Waals surface area contributed by atoms with Gasteiger partial charge in [0.15, 0.2) is 0 Å². The average molecular weight is 279 g/mol. The van der Waals surface area contributed by atoms with Crippen molar-refractivity contribution in [1.29, 1.82) is 0 Å². The van der Waals surface area contributed by atoms with Crippen LogP contribution >= 0.6 is 0 Å². The van der Waals surface area contributed by atoms with Crippen LogP contribution in [-0.2, 0) is 0 Å². The van der Waals surface area contributed by atoms with Crippen molar-refractivity contribution in [3.05, 3.63) is 65.9 Å². The minimum Gasteiger partial charge on any atom is -0.478 e. The smallest absolute Gasteiger partial charge is 0.335 e. The van der Waals surface area contributed by atoms with Gasteiger partial charge < -0.3 is 9.84 Å². The molecule has 0 saturated heterocycles. The van der Waals surface area contributed by atoms with E-state index in [-0.39, 0.29) is 5.56 Å². The lowest BCUT2D eigenvalue weighted by molar-refractivity contribution is 0.0697. The lowest BCUT2D eigenvalue weighted by Gasteiger charge is -2.10. The number of rotatable bonds is 3. The topological polar surface area (TPSA) is 59.4 Å². The summed E-state index contributed by atoms with van der Waals surface area (Å²) in [4.78, 5) is 15.2. The maximum absolute atomic E-state index is 10.9. The largest absolute Gasteiger partial charge is 0.478 e. The number of aryl methyl sites for hydroxylation is 1. The second-order valence-electron chi connectivity index (χ2n) is 4.75. The van der Waals surface area contributed by atoms with E-state index in [1.165, 1.54) is 6.07 Å². The standard InChI is InChI=1S/C17H13NO3/c1-11-9-13(17(19)20)5-7-16(11)21-14-6-4-12-3-2-8-18-15(12)10-14/h2-10H,1H3,(H,19,20). The summed E-state index contributed by atoms with van der Waals surface area (Å²) in [5, 5.41) is 10.0. The van der Waals surface area contributed by atoms with Crippen LogP contribution in [0.25, 0.3) is 10.9 Å². The van der Waals surface area contributed by atoms with E-state index in [0.717, 1.165) is 16.5 Å². The molecule has 0 spiro atoms. The second-order valence-corrected chi connectivity index (χ2v) is 4.75. The van der Waals surface area contributed by atoms with Crippen LogP contribution in [0.1, 0.15) is 15.9 Å². The van der Waals surface area contributed by atoms with Gasteiger partial charge in [-0.2, -0.15) is 0 Å². The summed E-state index contributed by atoms with van der Waals surface area (Å²) in [6, 6.07) is 14.3. The third-order valence-corrected chi connectivity index (χ3v) is 3.23. The number of aromatic carboxylic acids is 1. The van der Waals surface area contributed by atoms with E-state index in [4.69, 9.17) is 9.84 Å². The van der Waals surface area contributed by atoms with Crippen molar-refractivity contribution in [1.82, 2.24) is 4.98 Å². The van der Waals surface area contributed by atoms with Crippen molar-refractivity contribution in [2.24, 2.45) is 0 Å². The predicted molar refractivity (Wildman–Crippen MR) is 80.0 cm³/mol. The molecule has 2 aromatic carbocycles. The van der Waals surface area contributed by atoms with E-state index < -0.39 is 5.97 Å². The van der Waals surface area contributed by atoms with Gasteiger partial charge in [-0.15, -0.1) is 0 Å². The van der Waals surface area contributed by atoms with Crippen molar-refractivity contribution >= 4 is 16.9 Å². The quantitative estimate of drug-likeness (QED) is 0.786. The van der Waals surface area contributed by atoms with Gasteiger partial charge >= 0.3 is 5.97 Å². The molecular weight excluding hydrogens is 266 g/mol. The summed E-state index contributed by atoms with van der Waals surface area (Å²) in [5.41, 5.74) is 1.88. The molecule has 1 heterocycles. The number of fused-ring (bicyclic) bond motifs is 1. The SMILES string of the molecule is Cc1cc(C(=O)O)ccc1Oc1ccc2cccnc2c1. The maximum atomic E-state index is 10.9. The van der Waals surface area contributed by atoms with Crippen molar-refractivity contribution < 1.29 is 14.6 Å². The van der Waals surface area contributed by atoms with E-state index in [1.54, 1.807) is 18.3 Å². The summed E-state index contributed by atoms with van der Waals surface area (Å²) >= 11 is 0. The van der Waals surface area contributed by atoms with Gasteiger partial charge in [-0.05, 0) is 48.9 Å². The first kappa shape index (κ1) is 13.1. The van der Waals surface area contributed by atoms with Crippen LogP contribution in [0, 0.1) is 6.92 Å². The minimum atomic E-state index is -0.945. The molecule has 4 nitrogen and oxygen atoms in total. The van der Waals surface area contributed by atoms with Crippen LogP contribution in [0.5, 0.6) is 11.5 Å². The maximum Gasteiger partial charge on any atom is 0.335 e. The molecule has 4 heteroatoms. The number of carboxylic acid groups (broad SMARTS) is 1. The molecule has 0 unspecified atom stereocenters. The third kappa shape index (κ3) is 2.69. The zero-order chi connectivity index (χ0) is 14.8. The Morgan fingerprint density at radius 3 is 2.76 bits per heavy atom. The van der Waals surface area contributed by atoms with E-state index >= 15 is 0 Å². The molecule has 0 radical (unpaired) electrons.